The normalized spacial score (nSPS) is 10.9. The molecule has 0 aliphatic heterocycles. The number of benzene rings is 3. The van der Waals surface area contributed by atoms with Crippen LogP contribution in [0, 0.1) is 11.6 Å². The van der Waals surface area contributed by atoms with Gasteiger partial charge in [-0.1, -0.05) is 30.7 Å². The molecule has 5 N–H and O–H groups in total. The second kappa shape index (κ2) is 12.1. The number of unbranched alkanes of at least 4 members (excludes halogenated alkanes) is 2. The summed E-state index contributed by atoms with van der Waals surface area (Å²) in [5.74, 6) is -1.89. The van der Waals surface area contributed by atoms with Crippen LogP contribution in [0.4, 0.5) is 20.2 Å². The number of nitrogens with one attached hydrogen (secondary N) is 3. The zero-order valence-electron chi connectivity index (χ0n) is 20.5. The molecule has 1 aromatic heterocycles. The van der Waals surface area contributed by atoms with Crippen LogP contribution in [0.3, 0.4) is 0 Å². The van der Waals surface area contributed by atoms with E-state index >= 15 is 0 Å². The Kier molecular flexibility index (Phi) is 8.42. The van der Waals surface area contributed by atoms with E-state index in [0.29, 0.717) is 59.9 Å². The quantitative estimate of drug-likeness (QED) is 0.183. The molecule has 4 aromatic rings. The van der Waals surface area contributed by atoms with Crippen molar-refractivity contribution in [2.45, 2.75) is 32.1 Å². The van der Waals surface area contributed by atoms with Gasteiger partial charge in [-0.15, -0.1) is 0 Å². The molecule has 0 radical (unpaired) electrons. The Morgan fingerprint density at radius 3 is 2.53 bits per heavy atom. The summed E-state index contributed by atoms with van der Waals surface area (Å²) in [5, 5.41) is 13.2. The lowest BCUT2D eigenvalue weighted by atomic mass is 10.0. The third kappa shape index (κ3) is 6.58. The molecule has 38 heavy (non-hydrogen) atoms. The first kappa shape index (κ1) is 26.5. The molecule has 0 atom stereocenters. The highest BCUT2D eigenvalue weighted by atomic mass is 19.1. The molecule has 0 bridgehead atoms. The summed E-state index contributed by atoms with van der Waals surface area (Å²) in [6.07, 6.45) is 2.40. The van der Waals surface area contributed by atoms with Crippen LogP contribution in [0.1, 0.15) is 47.3 Å². The number of aromatic amines is 1. The van der Waals surface area contributed by atoms with E-state index in [2.05, 4.69) is 20.8 Å². The Balaban J connectivity index is 1.26. The van der Waals surface area contributed by atoms with Crippen molar-refractivity contribution in [1.29, 1.82) is 0 Å². The number of carbonyl (C=O) groups excluding carboxylic acids is 2. The van der Waals surface area contributed by atoms with Crippen LogP contribution in [0.5, 0.6) is 0 Å². The lowest BCUT2D eigenvalue weighted by Gasteiger charge is -2.10. The lowest BCUT2D eigenvalue weighted by Crippen LogP contribution is -2.25. The topological polar surface area (TPSA) is 130 Å². The van der Waals surface area contributed by atoms with Gasteiger partial charge in [0.05, 0.1) is 28.0 Å². The molecule has 0 saturated carbocycles. The van der Waals surface area contributed by atoms with Crippen LogP contribution in [0.2, 0.25) is 0 Å². The van der Waals surface area contributed by atoms with Crippen molar-refractivity contribution in [3.63, 3.8) is 0 Å². The number of carbonyl (C=O) groups is 2. The molecule has 0 aliphatic rings. The van der Waals surface area contributed by atoms with E-state index in [1.807, 2.05) is 6.07 Å². The van der Waals surface area contributed by atoms with Gasteiger partial charge in [-0.2, -0.15) is 5.10 Å². The van der Waals surface area contributed by atoms with E-state index < -0.39 is 17.5 Å². The summed E-state index contributed by atoms with van der Waals surface area (Å²) < 4.78 is 27.5. The Hall–Kier alpha value is -4.60. The number of H-pyrrole nitrogens is 1. The van der Waals surface area contributed by atoms with E-state index in [0.717, 1.165) is 6.07 Å². The second-order valence-electron chi connectivity index (χ2n) is 8.88. The minimum Gasteiger partial charge on any atom is -0.397 e. The molecule has 8 nitrogen and oxygen atoms in total. The number of hydrogen-bond acceptors (Lipinski definition) is 5. The first-order valence-corrected chi connectivity index (χ1v) is 12.2. The number of halogens is 2. The molecule has 2 amide bonds. The maximum atomic E-state index is 14.4. The second-order valence-corrected chi connectivity index (χ2v) is 8.88. The minimum atomic E-state index is -0.637. The first-order chi connectivity index (χ1) is 18.3. The molecule has 196 valence electrons. The average Bonchev–Trinajstić information content (AvgIpc) is 2.90. The Morgan fingerprint density at radius 1 is 0.947 bits per heavy atom. The maximum absolute atomic E-state index is 14.4. The molecule has 0 unspecified atom stereocenters. The lowest BCUT2D eigenvalue weighted by molar-refractivity contribution is -0.116. The predicted molar refractivity (Wildman–Crippen MR) is 142 cm³/mol. The van der Waals surface area contributed by atoms with E-state index in [1.165, 1.54) is 24.3 Å². The highest BCUT2D eigenvalue weighted by Gasteiger charge is 2.14. The average molecular weight is 520 g/mol. The van der Waals surface area contributed by atoms with Crippen molar-refractivity contribution in [2.24, 2.45) is 0 Å². The molecule has 0 fully saturated rings. The van der Waals surface area contributed by atoms with Gasteiger partial charge in [-0.25, -0.2) is 13.9 Å². The number of hydrogen-bond donors (Lipinski definition) is 4. The molecule has 0 saturated heterocycles. The third-order valence-corrected chi connectivity index (χ3v) is 6.08. The van der Waals surface area contributed by atoms with E-state index in [9.17, 15) is 23.2 Å². The van der Waals surface area contributed by atoms with Gasteiger partial charge >= 0.3 is 0 Å². The summed E-state index contributed by atoms with van der Waals surface area (Å²) in [6.45, 7) is 0.321. The molecule has 10 heteroatoms. The molecular weight excluding hydrogens is 492 g/mol. The van der Waals surface area contributed by atoms with Gasteiger partial charge in [0.1, 0.15) is 11.6 Å². The summed E-state index contributed by atoms with van der Waals surface area (Å²) >= 11 is 0. The van der Waals surface area contributed by atoms with Crippen LogP contribution < -0.4 is 21.9 Å². The van der Waals surface area contributed by atoms with Crippen molar-refractivity contribution in [2.75, 3.05) is 17.6 Å². The Labute approximate surface area is 217 Å². The maximum Gasteiger partial charge on any atom is 0.272 e. The monoisotopic (exact) mass is 519 g/mol. The number of aromatic nitrogens is 2. The smallest absolute Gasteiger partial charge is 0.272 e. The SMILES string of the molecule is Nc1cc(F)ccc1NC(=O)CCCCCNC(=O)c1cc(Cc2n[nH]c(=O)c3ccccc23)ccc1F. The molecule has 0 aliphatic carbocycles. The number of anilines is 2. The van der Waals surface area contributed by atoms with Crippen LogP contribution in [-0.4, -0.2) is 28.6 Å². The number of fused-ring (bicyclic) bond motifs is 1. The zero-order valence-corrected chi connectivity index (χ0v) is 20.5. The first-order valence-electron chi connectivity index (χ1n) is 12.2. The number of nitrogens with two attached hydrogens (primary N) is 1. The van der Waals surface area contributed by atoms with Gasteiger partial charge in [0.2, 0.25) is 5.91 Å². The standard InChI is InChI=1S/C28H27F2N5O3/c29-18-10-12-24(23(31)16-18)33-26(36)8-2-1-5-13-32-27(37)21-14-17(9-11-22(21)30)15-25-19-6-3-4-7-20(19)28(38)35-34-25/h3-4,6-7,9-12,14,16H,1-2,5,8,13,15,31H2,(H,32,37)(H,33,36)(H,35,38). The van der Waals surface area contributed by atoms with E-state index in [1.54, 1.807) is 24.3 Å². The molecular formula is C28H27F2N5O3. The van der Waals surface area contributed by atoms with Crippen LogP contribution in [-0.2, 0) is 11.2 Å². The van der Waals surface area contributed by atoms with Crippen molar-refractivity contribution in [3.05, 3.63) is 99.5 Å². The number of nitrogens with zero attached hydrogens (tertiary/aromatic N) is 1. The molecule has 1 heterocycles. The molecule has 3 aromatic carbocycles. The minimum absolute atomic E-state index is 0.0764. The van der Waals surface area contributed by atoms with Gasteiger partial charge in [0.15, 0.2) is 0 Å². The van der Waals surface area contributed by atoms with Crippen molar-refractivity contribution < 1.29 is 18.4 Å². The predicted octanol–water partition coefficient (Wildman–Crippen LogP) is 4.30. The fourth-order valence-corrected chi connectivity index (χ4v) is 4.10. The summed E-state index contributed by atoms with van der Waals surface area (Å²) in [7, 11) is 0. The van der Waals surface area contributed by atoms with E-state index in [-0.39, 0.29) is 29.1 Å². The van der Waals surface area contributed by atoms with Crippen molar-refractivity contribution in [3.8, 4) is 0 Å². The van der Waals surface area contributed by atoms with Crippen molar-refractivity contribution >= 4 is 34.0 Å². The van der Waals surface area contributed by atoms with Gasteiger partial charge in [-0.05, 0) is 54.8 Å². The number of nitrogen functional groups attached to an aromatic ring is 1. The van der Waals surface area contributed by atoms with Gasteiger partial charge in [-0.3, -0.25) is 14.4 Å². The highest BCUT2D eigenvalue weighted by molar-refractivity contribution is 5.95. The Bertz CT molecular complexity index is 1540. The summed E-state index contributed by atoms with van der Waals surface area (Å²) in [6, 6.07) is 15.1. The fraction of sp³-hybridized carbons (Fsp3) is 0.214. The highest BCUT2D eigenvalue weighted by Crippen LogP contribution is 2.20. The van der Waals surface area contributed by atoms with Gasteiger partial charge in [0, 0.05) is 24.8 Å². The van der Waals surface area contributed by atoms with Crippen LogP contribution in [0.25, 0.3) is 10.8 Å². The van der Waals surface area contributed by atoms with Crippen molar-refractivity contribution in [1.82, 2.24) is 15.5 Å². The summed E-state index contributed by atoms with van der Waals surface area (Å²) in [5.41, 5.74) is 7.12. The van der Waals surface area contributed by atoms with Gasteiger partial charge < -0.3 is 16.4 Å². The molecule has 4 rings (SSSR count). The molecule has 0 spiro atoms. The Morgan fingerprint density at radius 2 is 1.74 bits per heavy atom. The van der Waals surface area contributed by atoms with Gasteiger partial charge in [0.25, 0.3) is 11.5 Å². The third-order valence-electron chi connectivity index (χ3n) is 6.08. The number of amides is 2. The fourth-order valence-electron chi connectivity index (χ4n) is 4.10. The van der Waals surface area contributed by atoms with Crippen LogP contribution in [0.15, 0.2) is 65.5 Å². The van der Waals surface area contributed by atoms with Crippen LogP contribution >= 0.6 is 0 Å². The van der Waals surface area contributed by atoms with E-state index in [4.69, 9.17) is 5.73 Å². The largest absolute Gasteiger partial charge is 0.397 e. The zero-order chi connectivity index (χ0) is 27.1. The summed E-state index contributed by atoms with van der Waals surface area (Å²) in [4.78, 5) is 36.7. The number of rotatable bonds is 10.